The molecule has 0 bridgehead atoms. The second-order valence-electron chi connectivity index (χ2n) is 5.35. The zero-order chi connectivity index (χ0) is 16.1. The summed E-state index contributed by atoms with van der Waals surface area (Å²) < 4.78 is 0. The van der Waals surface area contributed by atoms with Gasteiger partial charge in [-0.2, -0.15) is 0 Å². The van der Waals surface area contributed by atoms with E-state index in [1.807, 2.05) is 29.3 Å². The Morgan fingerprint density at radius 3 is 2.84 bits per heavy atom. The lowest BCUT2D eigenvalue weighted by Crippen LogP contribution is -2.35. The van der Waals surface area contributed by atoms with Crippen molar-refractivity contribution in [2.75, 3.05) is 42.1 Å². The first-order chi connectivity index (χ1) is 11.3. The molecule has 0 aliphatic carbocycles. The average molecular weight is 419 g/mol. The molecule has 0 spiro atoms. The number of nitrogens with zero attached hydrogens (tertiary/aromatic N) is 1. The molecule has 1 aromatic carbocycles. The largest absolute Gasteiger partial charge is 0.368 e. The molecule has 8 heteroatoms. The van der Waals surface area contributed by atoms with Crippen molar-refractivity contribution in [3.05, 3.63) is 40.6 Å². The Morgan fingerprint density at radius 1 is 1.28 bits per heavy atom. The lowest BCUT2D eigenvalue weighted by atomic mass is 10.2. The minimum Gasteiger partial charge on any atom is -0.368 e. The zero-order valence-corrected chi connectivity index (χ0v) is 17.3. The van der Waals surface area contributed by atoms with Crippen molar-refractivity contribution in [1.82, 2.24) is 5.32 Å². The maximum Gasteiger partial charge on any atom is 0.140 e. The van der Waals surface area contributed by atoms with Crippen LogP contribution < -0.4 is 15.5 Å². The molecule has 3 N–H and O–H groups in total. The molecule has 0 radical (unpaired) electrons. The summed E-state index contributed by atoms with van der Waals surface area (Å²) in [5.74, 6) is 1.60. The van der Waals surface area contributed by atoms with Gasteiger partial charge in [0, 0.05) is 36.0 Å². The topological polar surface area (TPSA) is 51.1 Å². The van der Waals surface area contributed by atoms with Gasteiger partial charge < -0.3 is 15.5 Å². The standard InChI is InChI=1S/C17H22N4S2.2ClH/c1-2-19-7-8-21-9-11-23-15-6-5-13(12-14(15)21)20-17(18)16-4-3-10-22-16;;/h3-6,10,12,19H,2,7-9,11H2,1H3,(H2,18,20);2*1H. The normalized spacial score (nSPS) is 12.6. The molecule has 1 aliphatic rings. The number of halogens is 2. The van der Waals surface area contributed by atoms with Crippen LogP contribution in [0, 0.1) is 5.41 Å². The number of amidine groups is 1. The Bertz CT molecular complexity index is 665. The van der Waals surface area contributed by atoms with Gasteiger partial charge in [0.2, 0.25) is 0 Å². The summed E-state index contributed by atoms with van der Waals surface area (Å²) in [6, 6.07) is 10.4. The van der Waals surface area contributed by atoms with Crippen molar-refractivity contribution in [2.45, 2.75) is 11.8 Å². The molecule has 0 saturated heterocycles. The second-order valence-corrected chi connectivity index (χ2v) is 7.43. The van der Waals surface area contributed by atoms with Crippen LogP contribution in [0.4, 0.5) is 11.4 Å². The third-order valence-electron chi connectivity index (χ3n) is 3.76. The average Bonchev–Trinajstić information content (AvgIpc) is 3.10. The SMILES string of the molecule is CCNCCN1CCSc2ccc(NC(=N)c3cccs3)cc21.Cl.Cl. The molecule has 2 aromatic rings. The molecule has 0 fully saturated rings. The number of thioether (sulfide) groups is 1. The predicted octanol–water partition coefficient (Wildman–Crippen LogP) is 4.55. The number of nitrogens with one attached hydrogen (secondary N) is 3. The van der Waals surface area contributed by atoms with E-state index in [4.69, 9.17) is 5.41 Å². The Labute approximate surface area is 170 Å². The van der Waals surface area contributed by atoms with Crippen molar-refractivity contribution in [3.8, 4) is 0 Å². The molecule has 1 aliphatic heterocycles. The fraction of sp³-hybridized carbons (Fsp3) is 0.353. The predicted molar refractivity (Wildman–Crippen MR) is 117 cm³/mol. The van der Waals surface area contributed by atoms with E-state index < -0.39 is 0 Å². The van der Waals surface area contributed by atoms with Crippen LogP contribution in [-0.4, -0.2) is 37.8 Å². The van der Waals surface area contributed by atoms with Crippen molar-refractivity contribution >= 4 is 65.1 Å². The number of hydrogen-bond donors (Lipinski definition) is 3. The number of benzene rings is 1. The highest BCUT2D eigenvalue weighted by atomic mass is 35.5. The Kier molecular flexibility index (Phi) is 9.67. The summed E-state index contributed by atoms with van der Waals surface area (Å²) in [5, 5.41) is 16.8. The molecule has 1 aromatic heterocycles. The summed E-state index contributed by atoms with van der Waals surface area (Å²) in [5.41, 5.74) is 2.27. The van der Waals surface area contributed by atoms with E-state index in [0.29, 0.717) is 5.84 Å². The highest BCUT2D eigenvalue weighted by Gasteiger charge is 2.17. The molecule has 0 atom stereocenters. The van der Waals surface area contributed by atoms with Crippen LogP contribution in [0.1, 0.15) is 11.8 Å². The van der Waals surface area contributed by atoms with Gasteiger partial charge in [-0.3, -0.25) is 5.41 Å². The molecule has 4 nitrogen and oxygen atoms in total. The van der Waals surface area contributed by atoms with Gasteiger partial charge in [0.1, 0.15) is 5.84 Å². The Balaban J connectivity index is 0.00000156. The quantitative estimate of drug-likeness (QED) is 0.365. The molecule has 0 saturated carbocycles. The van der Waals surface area contributed by atoms with Gasteiger partial charge in [0.15, 0.2) is 0 Å². The van der Waals surface area contributed by atoms with Crippen molar-refractivity contribution in [3.63, 3.8) is 0 Å². The Hall–Kier alpha value is -0.920. The molecule has 0 amide bonds. The molecule has 0 unspecified atom stereocenters. The lowest BCUT2D eigenvalue weighted by molar-refractivity contribution is 0.685. The summed E-state index contributed by atoms with van der Waals surface area (Å²) in [6.45, 7) is 6.25. The van der Waals surface area contributed by atoms with Gasteiger partial charge >= 0.3 is 0 Å². The van der Waals surface area contributed by atoms with Crippen molar-refractivity contribution < 1.29 is 0 Å². The minimum atomic E-state index is 0. The van der Waals surface area contributed by atoms with E-state index >= 15 is 0 Å². The molecular formula is C17H24Cl2N4S2. The highest BCUT2D eigenvalue weighted by molar-refractivity contribution is 7.99. The van der Waals surface area contributed by atoms with Gasteiger partial charge in [0.25, 0.3) is 0 Å². The van der Waals surface area contributed by atoms with Crippen molar-refractivity contribution in [1.29, 1.82) is 5.41 Å². The first-order valence-electron chi connectivity index (χ1n) is 7.90. The summed E-state index contributed by atoms with van der Waals surface area (Å²) in [4.78, 5) is 4.73. The van der Waals surface area contributed by atoms with Crippen LogP contribution in [-0.2, 0) is 0 Å². The molecule has 3 rings (SSSR count). The Morgan fingerprint density at radius 2 is 2.12 bits per heavy atom. The summed E-state index contributed by atoms with van der Waals surface area (Å²) >= 11 is 3.50. The maximum atomic E-state index is 8.18. The minimum absolute atomic E-state index is 0. The summed E-state index contributed by atoms with van der Waals surface area (Å²) in [7, 11) is 0. The molecule has 2 heterocycles. The van der Waals surface area contributed by atoms with E-state index in [0.717, 1.165) is 42.5 Å². The zero-order valence-electron chi connectivity index (χ0n) is 14.1. The number of hydrogen-bond acceptors (Lipinski definition) is 5. The van der Waals surface area contributed by atoms with Gasteiger partial charge in [0.05, 0.1) is 10.6 Å². The second kappa shape index (κ2) is 10.9. The third kappa shape index (κ3) is 5.79. The first-order valence-corrected chi connectivity index (χ1v) is 9.76. The van der Waals surface area contributed by atoms with E-state index in [1.165, 1.54) is 10.6 Å². The van der Waals surface area contributed by atoms with Crippen LogP contribution in [0.3, 0.4) is 0 Å². The van der Waals surface area contributed by atoms with E-state index in [2.05, 4.69) is 40.7 Å². The fourth-order valence-corrected chi connectivity index (χ4v) is 4.26. The van der Waals surface area contributed by atoms with Gasteiger partial charge in [-0.1, -0.05) is 13.0 Å². The maximum absolute atomic E-state index is 8.18. The van der Waals surface area contributed by atoms with Gasteiger partial charge in [-0.25, -0.2) is 0 Å². The van der Waals surface area contributed by atoms with Crippen LogP contribution >= 0.6 is 47.9 Å². The number of thiophene rings is 1. The highest BCUT2D eigenvalue weighted by Crippen LogP contribution is 2.36. The lowest BCUT2D eigenvalue weighted by Gasteiger charge is -2.31. The van der Waals surface area contributed by atoms with Crippen molar-refractivity contribution in [2.24, 2.45) is 0 Å². The number of rotatable bonds is 6. The molecule has 138 valence electrons. The van der Waals surface area contributed by atoms with E-state index in [1.54, 1.807) is 11.3 Å². The van der Waals surface area contributed by atoms with Crippen LogP contribution in [0.2, 0.25) is 0 Å². The number of fused-ring (bicyclic) bond motifs is 1. The molecular weight excluding hydrogens is 395 g/mol. The van der Waals surface area contributed by atoms with Crippen LogP contribution in [0.25, 0.3) is 0 Å². The fourth-order valence-electron chi connectivity index (χ4n) is 2.60. The number of anilines is 2. The van der Waals surface area contributed by atoms with E-state index in [-0.39, 0.29) is 24.8 Å². The summed E-state index contributed by atoms with van der Waals surface area (Å²) in [6.07, 6.45) is 0. The van der Waals surface area contributed by atoms with Gasteiger partial charge in [-0.05, 0) is 36.2 Å². The monoisotopic (exact) mass is 418 g/mol. The third-order valence-corrected chi connectivity index (χ3v) is 5.69. The van der Waals surface area contributed by atoms with Gasteiger partial charge in [-0.15, -0.1) is 47.9 Å². The van der Waals surface area contributed by atoms with Crippen LogP contribution in [0.5, 0.6) is 0 Å². The van der Waals surface area contributed by atoms with Crippen LogP contribution in [0.15, 0.2) is 40.6 Å². The molecule has 25 heavy (non-hydrogen) atoms. The smallest absolute Gasteiger partial charge is 0.140 e. The number of likely N-dealkylation sites (N-methyl/N-ethyl adjacent to an activating group) is 1. The first kappa shape index (κ1) is 22.1. The van der Waals surface area contributed by atoms with E-state index in [9.17, 15) is 0 Å².